The molecule has 3 rings (SSSR count). The molecule has 4 nitrogen and oxygen atoms in total. The van der Waals surface area contributed by atoms with Crippen LogP contribution in [0.1, 0.15) is 19.4 Å². The van der Waals surface area contributed by atoms with Gasteiger partial charge in [0.15, 0.2) is 6.73 Å². The Balaban J connectivity index is 0.00000117. The van der Waals surface area contributed by atoms with Crippen LogP contribution in [-0.4, -0.2) is 19.9 Å². The predicted octanol–water partition coefficient (Wildman–Crippen LogP) is 4.09. The summed E-state index contributed by atoms with van der Waals surface area (Å²) in [5, 5.41) is 0. The van der Waals surface area contributed by atoms with Crippen molar-refractivity contribution in [3.05, 3.63) is 48.0 Å². The number of ether oxygens (including phenoxy) is 3. The maximum atomic E-state index is 5.82. The van der Waals surface area contributed by atoms with Crippen LogP contribution in [0.2, 0.25) is 0 Å². The second-order valence-corrected chi connectivity index (χ2v) is 5.22. The lowest BCUT2D eigenvalue weighted by atomic mass is 10.1. The third-order valence-electron chi connectivity index (χ3n) is 3.62. The van der Waals surface area contributed by atoms with E-state index in [0.717, 1.165) is 35.0 Å². The summed E-state index contributed by atoms with van der Waals surface area (Å²) < 4.78 is 16.7. The molecule has 0 aromatic heterocycles. The highest BCUT2D eigenvalue weighted by Gasteiger charge is 2.18. The SMILES string of the molecule is C#CCOc1ccc(N2COc3ccc(OCC#C)cc3C2)cc1.CC. The Morgan fingerprint density at radius 3 is 2.23 bits per heavy atom. The molecule has 0 radical (unpaired) electrons. The molecular weight excluding hydrogens is 326 g/mol. The van der Waals surface area contributed by atoms with Crippen molar-refractivity contribution in [1.29, 1.82) is 0 Å². The first-order chi connectivity index (χ1) is 12.8. The smallest absolute Gasteiger partial charge is 0.161 e. The highest BCUT2D eigenvalue weighted by Crippen LogP contribution is 2.31. The number of benzene rings is 2. The highest BCUT2D eigenvalue weighted by molar-refractivity contribution is 5.52. The molecule has 0 saturated carbocycles. The zero-order valence-corrected chi connectivity index (χ0v) is 15.2. The van der Waals surface area contributed by atoms with Gasteiger partial charge in [0.25, 0.3) is 0 Å². The summed E-state index contributed by atoms with van der Waals surface area (Å²) in [4.78, 5) is 2.12. The summed E-state index contributed by atoms with van der Waals surface area (Å²) in [6.07, 6.45) is 10.4. The van der Waals surface area contributed by atoms with E-state index in [0.29, 0.717) is 6.73 Å². The summed E-state index contributed by atoms with van der Waals surface area (Å²) in [5.74, 6) is 7.28. The van der Waals surface area contributed by atoms with Crippen molar-refractivity contribution >= 4 is 5.69 Å². The van der Waals surface area contributed by atoms with Crippen molar-refractivity contribution < 1.29 is 14.2 Å². The monoisotopic (exact) mass is 349 g/mol. The third-order valence-corrected chi connectivity index (χ3v) is 3.62. The van der Waals surface area contributed by atoms with Crippen LogP contribution in [0, 0.1) is 24.7 Å². The molecule has 2 aromatic carbocycles. The minimum Gasteiger partial charge on any atom is -0.481 e. The molecule has 0 saturated heterocycles. The van der Waals surface area contributed by atoms with Gasteiger partial charge in [-0.3, -0.25) is 0 Å². The molecule has 1 aliphatic rings. The van der Waals surface area contributed by atoms with Crippen LogP contribution in [0.4, 0.5) is 5.69 Å². The standard InChI is InChI=1S/C20H17NO3.C2H6/c1-3-11-22-18-7-5-17(6-8-18)21-14-16-13-19(23-12-4-2)9-10-20(16)24-15-21;1-2/h1-2,5-10,13H,11-12,14-15H2;1-2H3. The fourth-order valence-corrected chi connectivity index (χ4v) is 2.48. The van der Waals surface area contributed by atoms with Crippen molar-refractivity contribution in [1.82, 2.24) is 0 Å². The Hall–Kier alpha value is -3.24. The largest absolute Gasteiger partial charge is 0.481 e. The van der Waals surface area contributed by atoms with Gasteiger partial charge in [-0.1, -0.05) is 25.7 Å². The number of anilines is 1. The molecule has 0 spiro atoms. The maximum absolute atomic E-state index is 5.82. The molecule has 1 heterocycles. The number of terminal acetylenes is 2. The molecule has 0 aliphatic carbocycles. The molecule has 0 amide bonds. The molecule has 2 aromatic rings. The lowest BCUT2D eigenvalue weighted by Gasteiger charge is -2.31. The summed E-state index contributed by atoms with van der Waals surface area (Å²) in [5.41, 5.74) is 2.10. The Bertz CT molecular complexity index is 785. The molecule has 0 unspecified atom stereocenters. The topological polar surface area (TPSA) is 30.9 Å². The van der Waals surface area contributed by atoms with Gasteiger partial charge < -0.3 is 19.1 Å². The average molecular weight is 349 g/mol. The second-order valence-electron chi connectivity index (χ2n) is 5.22. The molecule has 4 heteroatoms. The molecule has 0 bridgehead atoms. The van der Waals surface area contributed by atoms with E-state index in [1.54, 1.807) is 0 Å². The predicted molar refractivity (Wildman–Crippen MR) is 105 cm³/mol. The van der Waals surface area contributed by atoms with Gasteiger partial charge in [-0.15, -0.1) is 12.8 Å². The first-order valence-corrected chi connectivity index (χ1v) is 8.53. The van der Waals surface area contributed by atoms with E-state index < -0.39 is 0 Å². The Morgan fingerprint density at radius 2 is 1.58 bits per heavy atom. The second kappa shape index (κ2) is 9.91. The molecule has 134 valence electrons. The maximum Gasteiger partial charge on any atom is 0.161 e. The van der Waals surface area contributed by atoms with Gasteiger partial charge in [-0.2, -0.15) is 0 Å². The van der Waals surface area contributed by atoms with Gasteiger partial charge in [-0.05, 0) is 42.5 Å². The summed E-state index contributed by atoms with van der Waals surface area (Å²) >= 11 is 0. The molecule has 26 heavy (non-hydrogen) atoms. The van der Waals surface area contributed by atoms with Crippen molar-refractivity contribution in [3.63, 3.8) is 0 Å². The summed E-state index contributed by atoms with van der Waals surface area (Å²) in [6.45, 7) is 5.73. The minimum absolute atomic E-state index is 0.252. The lowest BCUT2D eigenvalue weighted by Crippen LogP contribution is -2.31. The van der Waals surface area contributed by atoms with Crippen molar-refractivity contribution in [2.75, 3.05) is 24.8 Å². The zero-order valence-electron chi connectivity index (χ0n) is 15.2. The minimum atomic E-state index is 0.252. The van der Waals surface area contributed by atoms with Crippen molar-refractivity contribution in [2.24, 2.45) is 0 Å². The molecular formula is C22H23NO3. The van der Waals surface area contributed by atoms with E-state index in [1.807, 2.05) is 56.3 Å². The number of fused-ring (bicyclic) bond motifs is 1. The zero-order chi connectivity index (χ0) is 18.8. The van der Waals surface area contributed by atoms with Gasteiger partial charge >= 0.3 is 0 Å². The third kappa shape index (κ3) is 4.88. The normalized spacial score (nSPS) is 11.6. The summed E-state index contributed by atoms with van der Waals surface area (Å²) in [6, 6.07) is 13.5. The van der Waals surface area contributed by atoms with Crippen LogP contribution >= 0.6 is 0 Å². The number of hydrogen-bond acceptors (Lipinski definition) is 4. The van der Waals surface area contributed by atoms with Gasteiger partial charge in [0.1, 0.15) is 30.5 Å². The van der Waals surface area contributed by atoms with Crippen LogP contribution in [-0.2, 0) is 6.54 Å². The van der Waals surface area contributed by atoms with Crippen LogP contribution < -0.4 is 19.1 Å². The Labute approximate surface area is 155 Å². The number of rotatable bonds is 5. The quantitative estimate of drug-likeness (QED) is 0.761. The van der Waals surface area contributed by atoms with Gasteiger partial charge in [-0.25, -0.2) is 0 Å². The molecule has 0 atom stereocenters. The van der Waals surface area contributed by atoms with Crippen LogP contribution in [0.15, 0.2) is 42.5 Å². The highest BCUT2D eigenvalue weighted by atomic mass is 16.5. The molecule has 0 fully saturated rings. The Kier molecular flexibility index (Phi) is 7.28. The van der Waals surface area contributed by atoms with Crippen molar-refractivity contribution in [2.45, 2.75) is 20.4 Å². The van der Waals surface area contributed by atoms with Gasteiger partial charge in [0.05, 0.1) is 0 Å². The van der Waals surface area contributed by atoms with E-state index in [4.69, 9.17) is 27.1 Å². The summed E-state index contributed by atoms with van der Waals surface area (Å²) in [7, 11) is 0. The average Bonchev–Trinajstić information content (AvgIpc) is 2.72. The van der Waals surface area contributed by atoms with E-state index >= 15 is 0 Å². The van der Waals surface area contributed by atoms with E-state index in [-0.39, 0.29) is 13.2 Å². The van der Waals surface area contributed by atoms with Crippen molar-refractivity contribution in [3.8, 4) is 41.9 Å². The van der Waals surface area contributed by atoms with Crippen LogP contribution in [0.5, 0.6) is 17.2 Å². The first-order valence-electron chi connectivity index (χ1n) is 8.53. The van der Waals surface area contributed by atoms with Crippen LogP contribution in [0.25, 0.3) is 0 Å². The van der Waals surface area contributed by atoms with Crippen LogP contribution in [0.3, 0.4) is 0 Å². The Morgan fingerprint density at radius 1 is 0.962 bits per heavy atom. The van der Waals surface area contributed by atoms with Gasteiger partial charge in [0.2, 0.25) is 0 Å². The van der Waals surface area contributed by atoms with E-state index in [2.05, 4.69) is 16.7 Å². The number of nitrogens with zero attached hydrogens (tertiary/aromatic N) is 1. The number of hydrogen-bond donors (Lipinski definition) is 0. The fourth-order valence-electron chi connectivity index (χ4n) is 2.48. The fraction of sp³-hybridized carbons (Fsp3) is 0.273. The van der Waals surface area contributed by atoms with E-state index in [1.165, 1.54) is 0 Å². The lowest BCUT2D eigenvalue weighted by molar-refractivity contribution is 0.287. The van der Waals surface area contributed by atoms with E-state index in [9.17, 15) is 0 Å². The molecule has 0 N–H and O–H groups in total. The molecule has 1 aliphatic heterocycles. The first kappa shape index (κ1) is 19.1. The van der Waals surface area contributed by atoms with Gasteiger partial charge in [0, 0.05) is 17.8 Å².